The summed E-state index contributed by atoms with van der Waals surface area (Å²) in [6.07, 6.45) is 12.3. The Morgan fingerprint density at radius 2 is 2.15 bits per heavy atom. The number of hydrogen-bond donors (Lipinski definition) is 0. The van der Waals surface area contributed by atoms with Crippen LogP contribution in [0.15, 0.2) is 47.8 Å². The Kier molecular flexibility index (Phi) is 6.94. The molecule has 2 aliphatic carbocycles. The SMILES string of the molecule is CC=CCCC(=O)OC1C=CC2=CC(=O)C(C(C=O)=COC)CC2(C)C1C. The molecule has 0 saturated carbocycles. The molecule has 0 spiro atoms. The lowest BCUT2D eigenvalue weighted by molar-refractivity contribution is -0.151. The highest BCUT2D eigenvalue weighted by Crippen LogP contribution is 2.50. The molecule has 0 saturated heterocycles. The minimum Gasteiger partial charge on any atom is -0.504 e. The van der Waals surface area contributed by atoms with Crippen LogP contribution in [0.5, 0.6) is 0 Å². The normalized spacial score (nSPS) is 30.7. The van der Waals surface area contributed by atoms with Crippen molar-refractivity contribution in [2.45, 2.75) is 46.1 Å². The highest BCUT2D eigenvalue weighted by Gasteiger charge is 2.47. The van der Waals surface area contributed by atoms with Crippen LogP contribution in [0, 0.1) is 17.3 Å². The molecule has 4 atom stereocenters. The lowest BCUT2D eigenvalue weighted by Crippen LogP contribution is -2.44. The van der Waals surface area contributed by atoms with E-state index in [9.17, 15) is 14.4 Å². The van der Waals surface area contributed by atoms with Crippen LogP contribution >= 0.6 is 0 Å². The summed E-state index contributed by atoms with van der Waals surface area (Å²) >= 11 is 0. The number of hydrogen-bond acceptors (Lipinski definition) is 5. The van der Waals surface area contributed by atoms with Crippen molar-refractivity contribution in [3.05, 3.63) is 47.8 Å². The maximum absolute atomic E-state index is 12.5. The average molecular weight is 372 g/mol. The van der Waals surface area contributed by atoms with Crippen LogP contribution in [0.25, 0.3) is 0 Å². The van der Waals surface area contributed by atoms with Gasteiger partial charge in [-0.2, -0.15) is 0 Å². The average Bonchev–Trinajstić information content (AvgIpc) is 2.64. The van der Waals surface area contributed by atoms with E-state index >= 15 is 0 Å². The van der Waals surface area contributed by atoms with Crippen molar-refractivity contribution in [1.29, 1.82) is 0 Å². The molecule has 2 aliphatic rings. The molecule has 0 heterocycles. The smallest absolute Gasteiger partial charge is 0.306 e. The first-order valence-electron chi connectivity index (χ1n) is 9.30. The van der Waals surface area contributed by atoms with Gasteiger partial charge in [-0.1, -0.05) is 32.1 Å². The van der Waals surface area contributed by atoms with E-state index < -0.39 is 5.92 Å². The van der Waals surface area contributed by atoms with Gasteiger partial charge in [0, 0.05) is 23.3 Å². The zero-order valence-corrected chi connectivity index (χ0v) is 16.4. The molecule has 4 unspecified atom stereocenters. The second-order valence-corrected chi connectivity index (χ2v) is 7.36. The molecule has 0 N–H and O–H groups in total. The van der Waals surface area contributed by atoms with Gasteiger partial charge in [-0.3, -0.25) is 14.4 Å². The number of carbonyl (C=O) groups excluding carboxylic acids is 3. The molecule has 146 valence electrons. The largest absolute Gasteiger partial charge is 0.504 e. The van der Waals surface area contributed by atoms with Crippen molar-refractivity contribution in [2.24, 2.45) is 17.3 Å². The van der Waals surface area contributed by atoms with Crippen LogP contribution in [0.2, 0.25) is 0 Å². The maximum Gasteiger partial charge on any atom is 0.306 e. The van der Waals surface area contributed by atoms with Crippen molar-refractivity contribution in [1.82, 2.24) is 0 Å². The highest BCUT2D eigenvalue weighted by atomic mass is 16.5. The lowest BCUT2D eigenvalue weighted by Gasteiger charge is -2.46. The summed E-state index contributed by atoms with van der Waals surface area (Å²) < 4.78 is 10.6. The summed E-state index contributed by atoms with van der Waals surface area (Å²) in [5.74, 6) is -0.903. The number of ether oxygens (including phenoxy) is 2. The van der Waals surface area contributed by atoms with Crippen LogP contribution < -0.4 is 0 Å². The molecular formula is C22H28O5. The number of allylic oxidation sites excluding steroid dienone is 6. The Morgan fingerprint density at radius 1 is 1.41 bits per heavy atom. The van der Waals surface area contributed by atoms with E-state index in [0.29, 0.717) is 31.1 Å². The minimum absolute atomic E-state index is 0.0227. The van der Waals surface area contributed by atoms with Gasteiger partial charge in [0.25, 0.3) is 0 Å². The first-order valence-corrected chi connectivity index (χ1v) is 9.30. The Balaban J connectivity index is 2.22. The number of aldehydes is 1. The number of fused-ring (bicyclic) bond motifs is 1. The van der Waals surface area contributed by atoms with E-state index in [1.807, 2.05) is 38.2 Å². The summed E-state index contributed by atoms with van der Waals surface area (Å²) in [6.45, 7) is 6.00. The van der Waals surface area contributed by atoms with Crippen LogP contribution in [-0.2, 0) is 23.9 Å². The summed E-state index contributed by atoms with van der Waals surface area (Å²) in [6, 6.07) is 0. The molecule has 0 aromatic rings. The molecule has 2 rings (SSSR count). The van der Waals surface area contributed by atoms with E-state index in [-0.39, 0.29) is 29.2 Å². The number of esters is 1. The van der Waals surface area contributed by atoms with Gasteiger partial charge in [-0.25, -0.2) is 0 Å². The fourth-order valence-electron chi connectivity index (χ4n) is 3.81. The molecule has 5 nitrogen and oxygen atoms in total. The molecule has 0 aromatic heterocycles. The van der Waals surface area contributed by atoms with Crippen molar-refractivity contribution >= 4 is 18.0 Å². The number of carbonyl (C=O) groups is 3. The number of ketones is 1. The Morgan fingerprint density at radius 3 is 2.78 bits per heavy atom. The molecule has 0 aliphatic heterocycles. The van der Waals surface area contributed by atoms with Crippen LogP contribution in [0.3, 0.4) is 0 Å². The van der Waals surface area contributed by atoms with Crippen molar-refractivity contribution in [3.63, 3.8) is 0 Å². The summed E-state index contributed by atoms with van der Waals surface area (Å²) in [4.78, 5) is 36.1. The molecule has 27 heavy (non-hydrogen) atoms. The Bertz CT molecular complexity index is 712. The number of methoxy groups -OCH3 is 1. The summed E-state index contributed by atoms with van der Waals surface area (Å²) in [5, 5.41) is 0. The van der Waals surface area contributed by atoms with Gasteiger partial charge in [0.1, 0.15) is 12.4 Å². The zero-order valence-electron chi connectivity index (χ0n) is 16.4. The maximum atomic E-state index is 12.5. The van der Waals surface area contributed by atoms with E-state index in [4.69, 9.17) is 9.47 Å². The van der Waals surface area contributed by atoms with E-state index in [2.05, 4.69) is 6.92 Å². The second-order valence-electron chi connectivity index (χ2n) is 7.36. The predicted octanol–water partition coefficient (Wildman–Crippen LogP) is 3.71. The topological polar surface area (TPSA) is 69.7 Å². The first kappa shape index (κ1) is 20.9. The Hall–Kier alpha value is -2.43. The fourth-order valence-corrected chi connectivity index (χ4v) is 3.81. The molecular weight excluding hydrogens is 344 g/mol. The molecule has 0 aromatic carbocycles. The van der Waals surface area contributed by atoms with Crippen molar-refractivity contribution in [2.75, 3.05) is 7.11 Å². The highest BCUT2D eigenvalue weighted by molar-refractivity contribution is 6.00. The monoisotopic (exact) mass is 372 g/mol. The second kappa shape index (κ2) is 8.98. The van der Waals surface area contributed by atoms with E-state index in [1.165, 1.54) is 13.4 Å². The molecule has 0 radical (unpaired) electrons. The molecule has 0 fully saturated rings. The zero-order chi connectivity index (χ0) is 20.0. The third kappa shape index (κ3) is 4.46. The molecule has 0 amide bonds. The van der Waals surface area contributed by atoms with Gasteiger partial charge in [-0.05, 0) is 37.5 Å². The van der Waals surface area contributed by atoms with E-state index in [1.54, 1.807) is 6.08 Å². The first-order chi connectivity index (χ1) is 12.9. The van der Waals surface area contributed by atoms with Gasteiger partial charge >= 0.3 is 5.97 Å². The lowest BCUT2D eigenvalue weighted by atomic mass is 9.59. The van der Waals surface area contributed by atoms with Crippen molar-refractivity contribution < 1.29 is 23.9 Å². The third-order valence-electron chi connectivity index (χ3n) is 5.70. The van der Waals surface area contributed by atoms with Gasteiger partial charge in [-0.15, -0.1) is 0 Å². The van der Waals surface area contributed by atoms with E-state index in [0.717, 1.165) is 5.57 Å². The molecule has 5 heteroatoms. The summed E-state index contributed by atoms with van der Waals surface area (Å²) in [5.41, 5.74) is 0.873. The predicted molar refractivity (Wildman–Crippen MR) is 103 cm³/mol. The van der Waals surface area contributed by atoms with Gasteiger partial charge < -0.3 is 9.47 Å². The molecule has 0 bridgehead atoms. The van der Waals surface area contributed by atoms with Crippen LogP contribution in [0.1, 0.15) is 40.0 Å². The van der Waals surface area contributed by atoms with Gasteiger partial charge in [0.2, 0.25) is 0 Å². The van der Waals surface area contributed by atoms with Crippen molar-refractivity contribution in [3.8, 4) is 0 Å². The standard InChI is InChI=1S/C22H28O5/c1-5-6-7-8-21(25)27-20-10-9-17-11-19(24)18(16(13-23)14-26-4)12-22(17,3)15(20)2/h5-6,9-11,13-15,18,20H,7-8,12H2,1-4H3. The Labute approximate surface area is 160 Å². The summed E-state index contributed by atoms with van der Waals surface area (Å²) in [7, 11) is 1.45. The fraction of sp³-hybridized carbons (Fsp3) is 0.500. The minimum atomic E-state index is -0.545. The van der Waals surface area contributed by atoms with Gasteiger partial charge in [0.15, 0.2) is 5.78 Å². The quantitative estimate of drug-likeness (QED) is 0.224. The van der Waals surface area contributed by atoms with Crippen LogP contribution in [-0.4, -0.2) is 31.3 Å². The third-order valence-corrected chi connectivity index (χ3v) is 5.70. The van der Waals surface area contributed by atoms with Gasteiger partial charge in [0.05, 0.1) is 19.3 Å². The van der Waals surface area contributed by atoms with Crippen LogP contribution in [0.4, 0.5) is 0 Å². The number of rotatable bonds is 7.